The third-order valence-corrected chi connectivity index (χ3v) is 2.73. The minimum atomic E-state index is -0.128. The predicted molar refractivity (Wildman–Crippen MR) is 63.9 cm³/mol. The fourth-order valence-corrected chi connectivity index (χ4v) is 1.76. The molecule has 16 heavy (non-hydrogen) atoms. The second-order valence-corrected chi connectivity index (χ2v) is 3.83. The Bertz CT molecular complexity index is 527. The number of imidazole rings is 1. The summed E-state index contributed by atoms with van der Waals surface area (Å²) >= 11 is 0. The summed E-state index contributed by atoms with van der Waals surface area (Å²) in [4.78, 5) is 14.2. The Labute approximate surface area is 93.7 Å². The zero-order valence-corrected chi connectivity index (χ0v) is 9.18. The van der Waals surface area contributed by atoms with Crippen LogP contribution in [0.4, 0.5) is 0 Å². The van der Waals surface area contributed by atoms with Crippen molar-refractivity contribution in [1.82, 2.24) is 9.55 Å². The van der Waals surface area contributed by atoms with Crippen molar-refractivity contribution in [1.29, 1.82) is 0 Å². The van der Waals surface area contributed by atoms with Gasteiger partial charge in [-0.3, -0.25) is 4.57 Å². The average Bonchev–Trinajstić information content (AvgIpc) is 2.74. The summed E-state index contributed by atoms with van der Waals surface area (Å²) in [6.45, 7) is 2.62. The normalized spacial score (nSPS) is 12.6. The summed E-state index contributed by atoms with van der Waals surface area (Å²) in [5, 5.41) is 0. The number of aromatic nitrogens is 2. The Morgan fingerprint density at radius 3 is 2.81 bits per heavy atom. The predicted octanol–water partition coefficient (Wildman–Crippen LogP) is 1.23. The molecule has 1 aromatic heterocycles. The van der Waals surface area contributed by atoms with Crippen molar-refractivity contribution >= 4 is 0 Å². The average molecular weight is 217 g/mol. The minimum absolute atomic E-state index is 0.128. The van der Waals surface area contributed by atoms with Crippen LogP contribution in [0.15, 0.2) is 41.5 Å². The van der Waals surface area contributed by atoms with E-state index in [4.69, 9.17) is 5.73 Å². The first-order valence-electron chi connectivity index (χ1n) is 5.29. The van der Waals surface area contributed by atoms with E-state index in [9.17, 15) is 4.79 Å². The molecular weight excluding hydrogens is 202 g/mol. The fraction of sp³-hybridized carbons (Fsp3) is 0.250. The molecular formula is C12H15N3O. The molecule has 0 amide bonds. The van der Waals surface area contributed by atoms with Crippen LogP contribution in [0.2, 0.25) is 0 Å². The van der Waals surface area contributed by atoms with Gasteiger partial charge in [-0.05, 0) is 24.1 Å². The standard InChI is InChI=1S/C12H15N3O/c1-9(8-13)10-4-2-3-5-11(10)15-7-6-14-12(15)16/h2-7,9H,8,13H2,1H3,(H,14,16). The van der Waals surface area contributed by atoms with Gasteiger partial charge >= 0.3 is 5.69 Å². The molecule has 1 heterocycles. The first kappa shape index (κ1) is 10.7. The van der Waals surface area contributed by atoms with E-state index in [2.05, 4.69) is 11.9 Å². The number of nitrogens with one attached hydrogen (secondary N) is 1. The molecule has 1 atom stereocenters. The molecule has 2 rings (SSSR count). The summed E-state index contributed by atoms with van der Waals surface area (Å²) in [5.74, 6) is 0.234. The van der Waals surface area contributed by atoms with Crippen LogP contribution in [0.3, 0.4) is 0 Å². The maximum atomic E-state index is 11.6. The number of nitrogens with zero attached hydrogens (tertiary/aromatic N) is 1. The molecule has 0 radical (unpaired) electrons. The van der Waals surface area contributed by atoms with Gasteiger partial charge in [0.05, 0.1) is 5.69 Å². The van der Waals surface area contributed by atoms with Gasteiger partial charge in [-0.2, -0.15) is 0 Å². The lowest BCUT2D eigenvalue weighted by atomic mass is 9.99. The highest BCUT2D eigenvalue weighted by Gasteiger charge is 2.10. The topological polar surface area (TPSA) is 63.8 Å². The zero-order valence-electron chi connectivity index (χ0n) is 9.18. The highest BCUT2D eigenvalue weighted by atomic mass is 16.1. The third-order valence-electron chi connectivity index (χ3n) is 2.73. The molecule has 4 heteroatoms. The highest BCUT2D eigenvalue weighted by molar-refractivity contribution is 5.43. The lowest BCUT2D eigenvalue weighted by Crippen LogP contribution is -2.18. The van der Waals surface area contributed by atoms with Crippen molar-refractivity contribution in [3.63, 3.8) is 0 Å². The van der Waals surface area contributed by atoms with Crippen LogP contribution in [0, 0.1) is 0 Å². The molecule has 0 saturated heterocycles. The Kier molecular flexibility index (Phi) is 2.92. The van der Waals surface area contributed by atoms with Crippen molar-refractivity contribution in [2.24, 2.45) is 5.73 Å². The molecule has 0 fully saturated rings. The minimum Gasteiger partial charge on any atom is -0.330 e. The number of H-pyrrole nitrogens is 1. The molecule has 0 aliphatic rings. The summed E-state index contributed by atoms with van der Waals surface area (Å²) in [7, 11) is 0. The van der Waals surface area contributed by atoms with Gasteiger partial charge in [-0.1, -0.05) is 25.1 Å². The van der Waals surface area contributed by atoms with Crippen LogP contribution in [0.25, 0.3) is 5.69 Å². The summed E-state index contributed by atoms with van der Waals surface area (Å²) in [6, 6.07) is 7.81. The van der Waals surface area contributed by atoms with Crippen LogP contribution < -0.4 is 11.4 Å². The van der Waals surface area contributed by atoms with Gasteiger partial charge in [0.15, 0.2) is 0 Å². The molecule has 2 aromatic rings. The molecule has 4 nitrogen and oxygen atoms in total. The van der Waals surface area contributed by atoms with Crippen molar-refractivity contribution in [2.45, 2.75) is 12.8 Å². The summed E-state index contributed by atoms with van der Waals surface area (Å²) < 4.78 is 1.60. The smallest absolute Gasteiger partial charge is 0.330 e. The van der Waals surface area contributed by atoms with Crippen LogP contribution in [-0.2, 0) is 0 Å². The molecule has 3 N–H and O–H groups in total. The van der Waals surface area contributed by atoms with Gasteiger partial charge in [0.1, 0.15) is 0 Å². The summed E-state index contributed by atoms with van der Waals surface area (Å²) in [6.07, 6.45) is 3.36. The van der Waals surface area contributed by atoms with E-state index >= 15 is 0 Å². The highest BCUT2D eigenvalue weighted by Crippen LogP contribution is 2.21. The number of aromatic amines is 1. The molecule has 0 aliphatic carbocycles. The van der Waals surface area contributed by atoms with E-state index < -0.39 is 0 Å². The molecule has 0 spiro atoms. The first-order chi connectivity index (χ1) is 7.74. The molecule has 1 aromatic carbocycles. The maximum absolute atomic E-state index is 11.6. The van der Waals surface area contributed by atoms with E-state index in [1.165, 1.54) is 0 Å². The number of hydrogen-bond donors (Lipinski definition) is 2. The van der Waals surface area contributed by atoms with E-state index in [0.29, 0.717) is 6.54 Å². The van der Waals surface area contributed by atoms with Gasteiger partial charge in [0.25, 0.3) is 0 Å². The van der Waals surface area contributed by atoms with Gasteiger partial charge in [-0.15, -0.1) is 0 Å². The molecule has 0 saturated carbocycles. The Morgan fingerprint density at radius 2 is 2.19 bits per heavy atom. The Hall–Kier alpha value is -1.81. The van der Waals surface area contributed by atoms with Crippen LogP contribution >= 0.6 is 0 Å². The van der Waals surface area contributed by atoms with Crippen LogP contribution in [0.1, 0.15) is 18.4 Å². The van der Waals surface area contributed by atoms with Crippen LogP contribution in [-0.4, -0.2) is 16.1 Å². The SMILES string of the molecule is CC(CN)c1ccccc1-n1cc[nH]c1=O. The van der Waals surface area contributed by atoms with E-state index in [1.54, 1.807) is 17.0 Å². The van der Waals surface area contributed by atoms with E-state index in [0.717, 1.165) is 11.3 Å². The lowest BCUT2D eigenvalue weighted by molar-refractivity contribution is 0.762. The number of nitrogens with two attached hydrogens (primary N) is 1. The zero-order chi connectivity index (χ0) is 11.5. The Balaban J connectivity index is 2.57. The van der Waals surface area contributed by atoms with E-state index in [-0.39, 0.29) is 11.6 Å². The van der Waals surface area contributed by atoms with Gasteiger partial charge in [0.2, 0.25) is 0 Å². The molecule has 1 unspecified atom stereocenters. The summed E-state index contributed by atoms with van der Waals surface area (Å²) in [5.41, 5.74) is 7.53. The number of benzene rings is 1. The Morgan fingerprint density at radius 1 is 1.44 bits per heavy atom. The van der Waals surface area contributed by atoms with Gasteiger partial charge < -0.3 is 10.7 Å². The second-order valence-electron chi connectivity index (χ2n) is 3.83. The molecule has 84 valence electrons. The van der Waals surface area contributed by atoms with Crippen molar-refractivity contribution in [3.05, 3.63) is 52.7 Å². The number of hydrogen-bond acceptors (Lipinski definition) is 2. The quantitative estimate of drug-likeness (QED) is 0.812. The van der Waals surface area contributed by atoms with Crippen molar-refractivity contribution in [3.8, 4) is 5.69 Å². The van der Waals surface area contributed by atoms with Gasteiger partial charge in [-0.25, -0.2) is 4.79 Å². The van der Waals surface area contributed by atoms with Gasteiger partial charge in [0, 0.05) is 12.4 Å². The van der Waals surface area contributed by atoms with E-state index in [1.807, 2.05) is 24.3 Å². The monoisotopic (exact) mass is 217 g/mol. The number of rotatable bonds is 3. The fourth-order valence-electron chi connectivity index (χ4n) is 1.76. The lowest BCUT2D eigenvalue weighted by Gasteiger charge is -2.14. The third kappa shape index (κ3) is 1.79. The molecule has 0 aliphatic heterocycles. The number of para-hydroxylation sites is 1. The van der Waals surface area contributed by atoms with Crippen molar-refractivity contribution < 1.29 is 0 Å². The van der Waals surface area contributed by atoms with Crippen molar-refractivity contribution in [2.75, 3.05) is 6.54 Å². The largest absolute Gasteiger partial charge is 0.330 e. The first-order valence-corrected chi connectivity index (χ1v) is 5.29. The molecule has 0 bridgehead atoms. The second kappa shape index (κ2) is 4.37. The van der Waals surface area contributed by atoms with Crippen LogP contribution in [0.5, 0.6) is 0 Å². The maximum Gasteiger partial charge on any atom is 0.330 e.